The molecule has 0 saturated carbocycles. The van der Waals surface area contributed by atoms with Gasteiger partial charge in [0, 0.05) is 10.6 Å². The molecule has 1 amide bonds. The summed E-state index contributed by atoms with van der Waals surface area (Å²) in [6.45, 7) is 1.70. The van der Waals surface area contributed by atoms with Gasteiger partial charge in [0.1, 0.15) is 15.9 Å². The van der Waals surface area contributed by atoms with Crippen molar-refractivity contribution in [1.29, 1.82) is 0 Å². The van der Waals surface area contributed by atoms with E-state index in [1.54, 1.807) is 25.1 Å². The van der Waals surface area contributed by atoms with E-state index >= 15 is 0 Å². The Balaban J connectivity index is 2.23. The number of carboxylic acid groups (broad SMARTS) is 1. The van der Waals surface area contributed by atoms with Crippen LogP contribution in [-0.4, -0.2) is 40.0 Å². The van der Waals surface area contributed by atoms with Crippen LogP contribution in [0.2, 0.25) is 10.0 Å². The van der Waals surface area contributed by atoms with Crippen LogP contribution in [0.3, 0.4) is 0 Å². The maximum absolute atomic E-state index is 12.5. The summed E-state index contributed by atoms with van der Waals surface area (Å²) in [6.07, 6.45) is 2.24. The topological polar surface area (TPSA) is 79.3 Å². The van der Waals surface area contributed by atoms with Gasteiger partial charge in [0.2, 0.25) is 0 Å². The number of halogens is 2. The van der Waals surface area contributed by atoms with Crippen LogP contribution in [0, 0.1) is 6.92 Å². The summed E-state index contributed by atoms with van der Waals surface area (Å²) >= 11 is 14.8. The quantitative estimate of drug-likeness (QED) is 0.697. The van der Waals surface area contributed by atoms with Crippen molar-refractivity contribution >= 4 is 58.2 Å². The minimum Gasteiger partial charge on any atom is -0.480 e. The van der Waals surface area contributed by atoms with Crippen molar-refractivity contribution in [2.45, 2.75) is 19.4 Å². The van der Waals surface area contributed by atoms with E-state index in [2.05, 4.69) is 10.3 Å². The van der Waals surface area contributed by atoms with Crippen molar-refractivity contribution in [2.75, 3.05) is 12.0 Å². The van der Waals surface area contributed by atoms with Crippen LogP contribution in [0.1, 0.15) is 21.8 Å². The lowest BCUT2D eigenvalue weighted by atomic mass is 10.2. The third-order valence-corrected chi connectivity index (χ3v) is 5.76. The van der Waals surface area contributed by atoms with Crippen LogP contribution in [-0.2, 0) is 4.79 Å². The second-order valence-corrected chi connectivity index (χ2v) is 8.03. The Kier molecular flexibility index (Phi) is 7.13. The highest BCUT2D eigenvalue weighted by molar-refractivity contribution is 7.98. The Morgan fingerprint density at radius 2 is 2.12 bits per heavy atom. The van der Waals surface area contributed by atoms with Crippen LogP contribution < -0.4 is 5.32 Å². The molecule has 2 N–H and O–H groups in total. The number of benzene rings is 1. The van der Waals surface area contributed by atoms with E-state index in [-0.39, 0.29) is 0 Å². The standard InChI is InChI=1S/C16H16Cl2N2O3S2/c1-8-13(14(21)20-12(16(22)23)5-6-24-2)25-15(19-8)10-4-3-9(17)7-11(10)18/h3-4,7,12H,5-6H2,1-2H3,(H,20,21)(H,22,23)/t12-/m0/s1. The molecule has 0 fully saturated rings. The Bertz CT molecular complexity index is 796. The average Bonchev–Trinajstić information content (AvgIpc) is 2.92. The molecule has 0 spiro atoms. The largest absolute Gasteiger partial charge is 0.480 e. The highest BCUT2D eigenvalue weighted by atomic mass is 35.5. The molecule has 0 aliphatic rings. The third kappa shape index (κ3) is 5.10. The van der Waals surface area contributed by atoms with Crippen LogP contribution in [0.15, 0.2) is 18.2 Å². The van der Waals surface area contributed by atoms with Gasteiger partial charge in [-0.1, -0.05) is 23.2 Å². The highest BCUT2D eigenvalue weighted by Gasteiger charge is 2.23. The first-order valence-corrected chi connectivity index (χ1v) is 10.3. The van der Waals surface area contributed by atoms with E-state index in [1.165, 1.54) is 23.1 Å². The van der Waals surface area contributed by atoms with E-state index in [4.69, 9.17) is 23.2 Å². The van der Waals surface area contributed by atoms with Gasteiger partial charge < -0.3 is 10.4 Å². The summed E-state index contributed by atoms with van der Waals surface area (Å²) in [7, 11) is 0. The summed E-state index contributed by atoms with van der Waals surface area (Å²) in [5.74, 6) is -0.852. The number of amides is 1. The zero-order valence-electron chi connectivity index (χ0n) is 13.5. The van der Waals surface area contributed by atoms with Gasteiger partial charge in [0.05, 0.1) is 10.7 Å². The van der Waals surface area contributed by atoms with Gasteiger partial charge >= 0.3 is 5.97 Å². The number of carbonyl (C=O) groups excluding carboxylic acids is 1. The Morgan fingerprint density at radius 3 is 2.72 bits per heavy atom. The average molecular weight is 419 g/mol. The fraction of sp³-hybridized carbons (Fsp3) is 0.312. The second-order valence-electron chi connectivity index (χ2n) is 5.20. The number of thiazole rings is 1. The molecule has 1 aromatic carbocycles. The molecule has 25 heavy (non-hydrogen) atoms. The van der Waals surface area contributed by atoms with Gasteiger partial charge in [0.25, 0.3) is 5.91 Å². The SMILES string of the molecule is CSCC[C@H](NC(=O)c1sc(-c2ccc(Cl)cc2Cl)nc1C)C(=O)O. The highest BCUT2D eigenvalue weighted by Crippen LogP contribution is 2.34. The smallest absolute Gasteiger partial charge is 0.326 e. The number of rotatable bonds is 7. The number of nitrogens with zero attached hydrogens (tertiary/aromatic N) is 1. The fourth-order valence-corrected chi connectivity index (χ4v) is 4.14. The lowest BCUT2D eigenvalue weighted by Crippen LogP contribution is -2.41. The molecule has 0 bridgehead atoms. The van der Waals surface area contributed by atoms with Gasteiger partial charge in [-0.2, -0.15) is 11.8 Å². The molecule has 134 valence electrons. The summed E-state index contributed by atoms with van der Waals surface area (Å²) < 4.78 is 0. The molecule has 5 nitrogen and oxygen atoms in total. The zero-order valence-corrected chi connectivity index (χ0v) is 16.7. The number of thioether (sulfide) groups is 1. The first-order chi connectivity index (χ1) is 11.8. The number of hydrogen-bond donors (Lipinski definition) is 2. The van der Waals surface area contributed by atoms with Crippen molar-refractivity contribution in [2.24, 2.45) is 0 Å². The van der Waals surface area contributed by atoms with Gasteiger partial charge in [-0.25, -0.2) is 9.78 Å². The molecule has 2 rings (SSSR count). The van der Waals surface area contributed by atoms with E-state index in [9.17, 15) is 14.7 Å². The molecule has 1 heterocycles. The van der Waals surface area contributed by atoms with E-state index < -0.39 is 17.9 Å². The monoisotopic (exact) mass is 418 g/mol. The summed E-state index contributed by atoms with van der Waals surface area (Å²) in [6, 6.07) is 4.12. The Labute approximate surface area is 163 Å². The van der Waals surface area contributed by atoms with E-state index in [1.807, 2.05) is 6.26 Å². The fourth-order valence-electron chi connectivity index (χ4n) is 2.10. The first kappa shape index (κ1) is 20.0. The Morgan fingerprint density at radius 1 is 1.40 bits per heavy atom. The molecule has 0 saturated heterocycles. The molecule has 9 heteroatoms. The number of hydrogen-bond acceptors (Lipinski definition) is 5. The van der Waals surface area contributed by atoms with Crippen molar-refractivity contribution in [3.63, 3.8) is 0 Å². The minimum atomic E-state index is -1.05. The molecule has 1 atom stereocenters. The molecule has 0 aliphatic heterocycles. The van der Waals surface area contributed by atoms with Crippen LogP contribution >= 0.6 is 46.3 Å². The minimum absolute atomic E-state index is 0.357. The van der Waals surface area contributed by atoms with E-state index in [0.717, 1.165) is 0 Å². The van der Waals surface area contributed by atoms with Crippen molar-refractivity contribution in [3.8, 4) is 10.6 Å². The predicted octanol–water partition coefficient (Wildman–Crippen LogP) is 4.36. The van der Waals surface area contributed by atoms with Gasteiger partial charge in [0.15, 0.2) is 0 Å². The molecule has 2 aromatic rings. The number of aryl methyl sites for hydroxylation is 1. The zero-order chi connectivity index (χ0) is 18.6. The molecule has 0 radical (unpaired) electrons. The summed E-state index contributed by atoms with van der Waals surface area (Å²) in [5, 5.41) is 13.3. The number of carbonyl (C=O) groups is 2. The van der Waals surface area contributed by atoms with Crippen molar-refractivity contribution < 1.29 is 14.7 Å². The number of aliphatic carboxylic acids is 1. The summed E-state index contributed by atoms with van der Waals surface area (Å²) in [4.78, 5) is 28.5. The number of aromatic nitrogens is 1. The van der Waals surface area contributed by atoms with Gasteiger partial charge in [-0.15, -0.1) is 11.3 Å². The van der Waals surface area contributed by atoms with E-state index in [0.29, 0.717) is 43.4 Å². The molecule has 0 aliphatic carbocycles. The predicted molar refractivity (Wildman–Crippen MR) is 104 cm³/mol. The lowest BCUT2D eigenvalue weighted by molar-refractivity contribution is -0.139. The summed E-state index contributed by atoms with van der Waals surface area (Å²) in [5.41, 5.74) is 1.20. The van der Waals surface area contributed by atoms with Crippen LogP contribution in [0.4, 0.5) is 0 Å². The van der Waals surface area contributed by atoms with Gasteiger partial charge in [-0.05, 0) is 43.6 Å². The lowest BCUT2D eigenvalue weighted by Gasteiger charge is -2.13. The maximum atomic E-state index is 12.5. The van der Waals surface area contributed by atoms with Gasteiger partial charge in [-0.3, -0.25) is 4.79 Å². The molecular weight excluding hydrogens is 403 g/mol. The van der Waals surface area contributed by atoms with Crippen molar-refractivity contribution in [1.82, 2.24) is 10.3 Å². The van der Waals surface area contributed by atoms with Crippen molar-refractivity contribution in [3.05, 3.63) is 38.8 Å². The molecular formula is C16H16Cl2N2O3S2. The molecule has 0 unspecified atom stereocenters. The number of carboxylic acids is 1. The Hall–Kier alpha value is -1.28. The van der Waals surface area contributed by atoms with Crippen LogP contribution in [0.25, 0.3) is 10.6 Å². The molecule has 1 aromatic heterocycles. The normalized spacial score (nSPS) is 12.0. The third-order valence-electron chi connectivity index (χ3n) is 3.38. The number of nitrogens with one attached hydrogen (secondary N) is 1. The van der Waals surface area contributed by atoms with Crippen LogP contribution in [0.5, 0.6) is 0 Å². The second kappa shape index (κ2) is 8.89. The maximum Gasteiger partial charge on any atom is 0.326 e. The first-order valence-electron chi connectivity index (χ1n) is 7.29.